The van der Waals surface area contributed by atoms with Crippen molar-refractivity contribution in [3.63, 3.8) is 0 Å². The largest absolute Gasteiger partial charge is 0.444 e. The summed E-state index contributed by atoms with van der Waals surface area (Å²) in [7, 11) is 0. The van der Waals surface area contributed by atoms with Gasteiger partial charge in [0.15, 0.2) is 0 Å². The Morgan fingerprint density at radius 1 is 1.30 bits per heavy atom. The second-order valence-corrected chi connectivity index (χ2v) is 6.60. The standard InChI is InChI=1S/C17H24N2O4/c1-17(2,3)23-16(21)18-14-9-10-15(20)19(11-14)22-12-13-7-5-4-6-8-13/h4-8,14H,9-12H2,1-3H3,(H,18,21)/t14-/m0/s1. The Labute approximate surface area is 136 Å². The van der Waals surface area contributed by atoms with Crippen molar-refractivity contribution in [1.29, 1.82) is 0 Å². The number of piperidine rings is 1. The van der Waals surface area contributed by atoms with Crippen LogP contribution in [-0.4, -0.2) is 35.3 Å². The highest BCUT2D eigenvalue weighted by Gasteiger charge is 2.29. The fourth-order valence-electron chi connectivity index (χ4n) is 2.26. The minimum Gasteiger partial charge on any atom is -0.444 e. The Hall–Kier alpha value is -2.08. The molecule has 1 aromatic rings. The number of hydrogen-bond donors (Lipinski definition) is 1. The van der Waals surface area contributed by atoms with Crippen molar-refractivity contribution >= 4 is 12.0 Å². The first-order valence-corrected chi connectivity index (χ1v) is 7.80. The quantitative estimate of drug-likeness (QED) is 0.926. The summed E-state index contributed by atoms with van der Waals surface area (Å²) in [5.74, 6) is -0.0665. The Kier molecular flexibility index (Phi) is 5.60. The van der Waals surface area contributed by atoms with E-state index in [1.807, 2.05) is 51.1 Å². The number of carbonyl (C=O) groups excluding carboxylic acids is 2. The Balaban J connectivity index is 1.84. The van der Waals surface area contributed by atoms with Crippen molar-refractivity contribution in [3.8, 4) is 0 Å². The van der Waals surface area contributed by atoms with Gasteiger partial charge >= 0.3 is 6.09 Å². The highest BCUT2D eigenvalue weighted by atomic mass is 16.7. The summed E-state index contributed by atoms with van der Waals surface area (Å²) in [5.41, 5.74) is 0.445. The monoisotopic (exact) mass is 320 g/mol. The summed E-state index contributed by atoms with van der Waals surface area (Å²) in [5, 5.41) is 4.12. The maximum Gasteiger partial charge on any atom is 0.407 e. The Bertz CT molecular complexity index is 539. The van der Waals surface area contributed by atoms with E-state index >= 15 is 0 Å². The molecule has 0 aromatic heterocycles. The van der Waals surface area contributed by atoms with Crippen LogP contribution < -0.4 is 5.32 Å². The summed E-state index contributed by atoms with van der Waals surface area (Å²) >= 11 is 0. The van der Waals surface area contributed by atoms with E-state index in [0.29, 0.717) is 26.0 Å². The Morgan fingerprint density at radius 2 is 2.00 bits per heavy atom. The van der Waals surface area contributed by atoms with Crippen LogP contribution in [0, 0.1) is 0 Å². The number of benzene rings is 1. The van der Waals surface area contributed by atoms with Crippen LogP contribution in [0.1, 0.15) is 39.2 Å². The summed E-state index contributed by atoms with van der Waals surface area (Å²) in [4.78, 5) is 29.3. The molecular formula is C17H24N2O4. The normalized spacial score (nSPS) is 18.7. The maximum atomic E-state index is 11.9. The third kappa shape index (κ3) is 5.90. The van der Waals surface area contributed by atoms with Gasteiger partial charge in [0.1, 0.15) is 12.2 Å². The lowest BCUT2D eigenvalue weighted by Gasteiger charge is -2.32. The Morgan fingerprint density at radius 3 is 2.65 bits per heavy atom. The predicted octanol–water partition coefficient (Wildman–Crippen LogP) is 2.63. The number of alkyl carbamates (subject to hydrolysis) is 1. The molecule has 1 aromatic carbocycles. The molecule has 1 aliphatic rings. The summed E-state index contributed by atoms with van der Waals surface area (Å²) in [6.45, 7) is 6.08. The van der Waals surface area contributed by atoms with E-state index < -0.39 is 11.7 Å². The van der Waals surface area contributed by atoms with Crippen LogP contribution in [0.5, 0.6) is 0 Å². The molecule has 2 rings (SSSR count). The molecular weight excluding hydrogens is 296 g/mol. The summed E-state index contributed by atoms with van der Waals surface area (Å²) in [6.07, 6.45) is 0.457. The number of hydroxylamine groups is 2. The van der Waals surface area contributed by atoms with Crippen molar-refractivity contribution in [1.82, 2.24) is 10.4 Å². The minimum absolute atomic E-state index is 0.0665. The average Bonchev–Trinajstić information content (AvgIpc) is 2.47. The van der Waals surface area contributed by atoms with Crippen LogP contribution in [0.15, 0.2) is 30.3 Å². The average molecular weight is 320 g/mol. The number of amides is 2. The molecule has 1 N–H and O–H groups in total. The van der Waals surface area contributed by atoms with Gasteiger partial charge in [0.2, 0.25) is 5.91 Å². The molecule has 1 aliphatic heterocycles. The van der Waals surface area contributed by atoms with Crippen LogP contribution in [-0.2, 0) is 21.0 Å². The molecule has 1 heterocycles. The maximum absolute atomic E-state index is 11.9. The van der Waals surface area contributed by atoms with E-state index in [2.05, 4.69) is 5.32 Å². The molecule has 0 unspecified atom stereocenters. The number of nitrogens with zero attached hydrogens (tertiary/aromatic N) is 1. The van der Waals surface area contributed by atoms with Crippen molar-refractivity contribution in [2.45, 2.75) is 51.9 Å². The van der Waals surface area contributed by atoms with Gasteiger partial charge in [0.25, 0.3) is 0 Å². The number of ether oxygens (including phenoxy) is 1. The van der Waals surface area contributed by atoms with Gasteiger partial charge in [-0.2, -0.15) is 0 Å². The molecule has 1 fully saturated rings. The SMILES string of the molecule is CC(C)(C)OC(=O)N[C@H]1CCC(=O)N(OCc2ccccc2)C1. The van der Waals surface area contributed by atoms with Crippen molar-refractivity contribution < 1.29 is 19.2 Å². The molecule has 6 nitrogen and oxygen atoms in total. The van der Waals surface area contributed by atoms with Gasteiger partial charge in [-0.3, -0.25) is 9.63 Å². The van der Waals surface area contributed by atoms with Crippen LogP contribution in [0.2, 0.25) is 0 Å². The van der Waals surface area contributed by atoms with Crippen LogP contribution in [0.3, 0.4) is 0 Å². The lowest BCUT2D eigenvalue weighted by atomic mass is 10.1. The van der Waals surface area contributed by atoms with E-state index in [9.17, 15) is 9.59 Å². The topological polar surface area (TPSA) is 67.9 Å². The van der Waals surface area contributed by atoms with Crippen molar-refractivity contribution in [2.24, 2.45) is 0 Å². The van der Waals surface area contributed by atoms with Crippen molar-refractivity contribution in [2.75, 3.05) is 6.54 Å². The van der Waals surface area contributed by atoms with Gasteiger partial charge < -0.3 is 10.1 Å². The lowest BCUT2D eigenvalue weighted by Crippen LogP contribution is -2.50. The first kappa shape index (κ1) is 17.3. The smallest absolute Gasteiger partial charge is 0.407 e. The van der Waals surface area contributed by atoms with Crippen LogP contribution in [0.25, 0.3) is 0 Å². The molecule has 0 bridgehead atoms. The third-order valence-electron chi connectivity index (χ3n) is 3.32. The van der Waals surface area contributed by atoms with E-state index in [-0.39, 0.29) is 11.9 Å². The molecule has 6 heteroatoms. The second kappa shape index (κ2) is 7.46. The van der Waals surface area contributed by atoms with Crippen molar-refractivity contribution in [3.05, 3.63) is 35.9 Å². The summed E-state index contributed by atoms with van der Waals surface area (Å²) in [6, 6.07) is 9.47. The number of rotatable bonds is 4. The van der Waals surface area contributed by atoms with Gasteiger partial charge in [-0.25, -0.2) is 9.86 Å². The van der Waals surface area contributed by atoms with Gasteiger partial charge in [0, 0.05) is 6.42 Å². The zero-order valence-corrected chi connectivity index (χ0v) is 13.9. The van der Waals surface area contributed by atoms with E-state index in [4.69, 9.17) is 9.57 Å². The second-order valence-electron chi connectivity index (χ2n) is 6.60. The molecule has 0 radical (unpaired) electrons. The molecule has 1 atom stereocenters. The van der Waals surface area contributed by atoms with Crippen LogP contribution >= 0.6 is 0 Å². The van der Waals surface area contributed by atoms with E-state index in [1.165, 1.54) is 5.06 Å². The molecule has 1 saturated heterocycles. The zero-order valence-electron chi connectivity index (χ0n) is 13.9. The molecule has 0 saturated carbocycles. The third-order valence-corrected chi connectivity index (χ3v) is 3.32. The van der Waals surface area contributed by atoms with Gasteiger partial charge in [-0.15, -0.1) is 0 Å². The first-order valence-electron chi connectivity index (χ1n) is 7.80. The first-order chi connectivity index (χ1) is 10.8. The minimum atomic E-state index is -0.544. The molecule has 0 aliphatic carbocycles. The molecule has 0 spiro atoms. The van der Waals surface area contributed by atoms with E-state index in [1.54, 1.807) is 0 Å². The fraction of sp³-hybridized carbons (Fsp3) is 0.529. The predicted molar refractivity (Wildman–Crippen MR) is 85.3 cm³/mol. The van der Waals surface area contributed by atoms with Gasteiger partial charge in [-0.05, 0) is 32.8 Å². The fourth-order valence-corrected chi connectivity index (χ4v) is 2.26. The highest BCUT2D eigenvalue weighted by molar-refractivity contribution is 5.76. The van der Waals surface area contributed by atoms with Crippen LogP contribution in [0.4, 0.5) is 4.79 Å². The zero-order chi connectivity index (χ0) is 16.9. The van der Waals surface area contributed by atoms with Gasteiger partial charge in [-0.1, -0.05) is 30.3 Å². The molecule has 126 valence electrons. The van der Waals surface area contributed by atoms with Gasteiger partial charge in [0.05, 0.1) is 12.6 Å². The number of nitrogens with one attached hydrogen (secondary N) is 1. The number of hydrogen-bond acceptors (Lipinski definition) is 4. The highest BCUT2D eigenvalue weighted by Crippen LogP contribution is 2.15. The lowest BCUT2D eigenvalue weighted by molar-refractivity contribution is -0.198. The molecule has 23 heavy (non-hydrogen) atoms. The number of carbonyl (C=O) groups is 2. The van der Waals surface area contributed by atoms with E-state index in [0.717, 1.165) is 5.56 Å². The summed E-state index contributed by atoms with van der Waals surface area (Å²) < 4.78 is 5.24. The molecule has 2 amide bonds.